The fraction of sp³-hybridized carbons (Fsp3) is 0.304. The van der Waals surface area contributed by atoms with Gasteiger partial charge in [-0.15, -0.1) is 0 Å². The Morgan fingerprint density at radius 1 is 1.00 bits per heavy atom. The lowest BCUT2D eigenvalue weighted by molar-refractivity contribution is 0.0620. The molecule has 136 valence electrons. The summed E-state index contributed by atoms with van der Waals surface area (Å²) in [5.41, 5.74) is 3.68. The number of rotatable bonds is 3. The van der Waals surface area contributed by atoms with Crippen molar-refractivity contribution in [1.82, 2.24) is 15.2 Å². The summed E-state index contributed by atoms with van der Waals surface area (Å²) >= 11 is 0. The Bertz CT molecular complexity index is 977. The van der Waals surface area contributed by atoms with Crippen molar-refractivity contribution in [2.45, 2.75) is 18.9 Å². The maximum Gasteiger partial charge on any atom is 0.251 e. The van der Waals surface area contributed by atoms with Crippen molar-refractivity contribution < 1.29 is 4.79 Å². The average Bonchev–Trinajstić information content (AvgIpc) is 2.74. The molecule has 27 heavy (non-hydrogen) atoms. The maximum atomic E-state index is 12.8. The quantitative estimate of drug-likeness (QED) is 0.777. The number of fused-ring (bicyclic) bond motifs is 4. The van der Waals surface area contributed by atoms with Gasteiger partial charge in [0.05, 0.1) is 11.2 Å². The summed E-state index contributed by atoms with van der Waals surface area (Å²) in [5.74, 6) is 0.664. The van der Waals surface area contributed by atoms with Crippen LogP contribution in [0.15, 0.2) is 60.7 Å². The van der Waals surface area contributed by atoms with Crippen molar-refractivity contribution in [3.8, 4) is 11.3 Å². The largest absolute Gasteiger partial charge is 0.348 e. The molecule has 1 atom stereocenters. The number of carbonyl (C=O) groups is 1. The molecule has 4 heterocycles. The van der Waals surface area contributed by atoms with Gasteiger partial charge in [0.15, 0.2) is 0 Å². The van der Waals surface area contributed by atoms with E-state index in [9.17, 15) is 4.79 Å². The number of nitrogens with one attached hydrogen (secondary N) is 1. The zero-order valence-electron chi connectivity index (χ0n) is 15.3. The molecule has 6 rings (SSSR count). The molecule has 0 spiro atoms. The molecule has 3 aromatic rings. The number of hydrogen-bond donors (Lipinski definition) is 1. The molecule has 3 fully saturated rings. The van der Waals surface area contributed by atoms with Crippen LogP contribution in [0, 0.1) is 5.92 Å². The summed E-state index contributed by atoms with van der Waals surface area (Å²) < 4.78 is 0. The summed E-state index contributed by atoms with van der Waals surface area (Å²) in [6.07, 6.45) is 2.41. The SMILES string of the molecule is O=C(NC1CN2CCC1CC2)c1ccc2nc(-c3ccccc3)ccc2c1. The minimum absolute atomic E-state index is 0.0304. The van der Waals surface area contributed by atoms with Crippen LogP contribution in [-0.2, 0) is 0 Å². The van der Waals surface area contributed by atoms with Crippen molar-refractivity contribution in [3.63, 3.8) is 0 Å². The number of carbonyl (C=O) groups excluding carboxylic acids is 1. The molecule has 1 amide bonds. The van der Waals surface area contributed by atoms with Crippen LogP contribution in [0.25, 0.3) is 22.2 Å². The van der Waals surface area contributed by atoms with E-state index >= 15 is 0 Å². The molecule has 2 bridgehead atoms. The first-order valence-electron chi connectivity index (χ1n) is 9.76. The fourth-order valence-electron chi connectivity index (χ4n) is 4.42. The van der Waals surface area contributed by atoms with Crippen molar-refractivity contribution >= 4 is 16.8 Å². The molecule has 4 nitrogen and oxygen atoms in total. The van der Waals surface area contributed by atoms with Crippen molar-refractivity contribution in [2.24, 2.45) is 5.92 Å². The number of benzene rings is 2. The van der Waals surface area contributed by atoms with Gasteiger partial charge in [0.25, 0.3) is 5.91 Å². The average molecular weight is 357 g/mol. The van der Waals surface area contributed by atoms with E-state index in [-0.39, 0.29) is 11.9 Å². The summed E-state index contributed by atoms with van der Waals surface area (Å²) in [5, 5.41) is 4.26. The molecule has 0 aliphatic carbocycles. The number of nitrogens with zero attached hydrogens (tertiary/aromatic N) is 2. The van der Waals surface area contributed by atoms with Crippen LogP contribution in [-0.4, -0.2) is 41.5 Å². The van der Waals surface area contributed by atoms with Crippen LogP contribution in [0.1, 0.15) is 23.2 Å². The molecule has 3 saturated heterocycles. The molecule has 1 aromatic heterocycles. The zero-order valence-corrected chi connectivity index (χ0v) is 15.3. The highest BCUT2D eigenvalue weighted by molar-refractivity contribution is 5.98. The van der Waals surface area contributed by atoms with Gasteiger partial charge in [0.2, 0.25) is 0 Å². The van der Waals surface area contributed by atoms with Crippen LogP contribution in [0.3, 0.4) is 0 Å². The van der Waals surface area contributed by atoms with Gasteiger partial charge in [-0.1, -0.05) is 36.4 Å². The van der Waals surface area contributed by atoms with E-state index in [1.54, 1.807) is 0 Å². The highest BCUT2D eigenvalue weighted by atomic mass is 16.1. The first-order chi connectivity index (χ1) is 13.3. The van der Waals surface area contributed by atoms with Crippen LogP contribution in [0.5, 0.6) is 0 Å². The third-order valence-electron chi connectivity index (χ3n) is 5.99. The van der Waals surface area contributed by atoms with Crippen molar-refractivity contribution in [1.29, 1.82) is 0 Å². The molecule has 3 aliphatic heterocycles. The van der Waals surface area contributed by atoms with Crippen LogP contribution in [0.2, 0.25) is 0 Å². The predicted octanol–water partition coefficient (Wildman–Crippen LogP) is 3.73. The maximum absolute atomic E-state index is 12.8. The topological polar surface area (TPSA) is 45.2 Å². The number of piperidine rings is 3. The summed E-state index contributed by atoms with van der Waals surface area (Å²) in [6.45, 7) is 3.36. The number of pyridine rings is 1. The van der Waals surface area contributed by atoms with Gasteiger partial charge in [-0.05, 0) is 56.1 Å². The van der Waals surface area contributed by atoms with Gasteiger partial charge in [0, 0.05) is 29.1 Å². The van der Waals surface area contributed by atoms with E-state index in [4.69, 9.17) is 4.98 Å². The molecule has 1 N–H and O–H groups in total. The Morgan fingerprint density at radius 3 is 2.56 bits per heavy atom. The van der Waals surface area contributed by atoms with E-state index in [1.165, 1.54) is 25.9 Å². The van der Waals surface area contributed by atoms with Crippen LogP contribution >= 0.6 is 0 Å². The highest BCUT2D eigenvalue weighted by Gasteiger charge is 2.34. The van der Waals surface area contributed by atoms with Crippen LogP contribution in [0.4, 0.5) is 0 Å². The van der Waals surface area contributed by atoms with Gasteiger partial charge in [-0.25, -0.2) is 4.98 Å². The second-order valence-corrected chi connectivity index (χ2v) is 7.69. The monoisotopic (exact) mass is 357 g/mol. The predicted molar refractivity (Wildman–Crippen MR) is 108 cm³/mol. The van der Waals surface area contributed by atoms with E-state index < -0.39 is 0 Å². The lowest BCUT2D eigenvalue weighted by atomic mass is 9.84. The minimum Gasteiger partial charge on any atom is -0.348 e. The highest BCUT2D eigenvalue weighted by Crippen LogP contribution is 2.28. The first kappa shape index (κ1) is 16.5. The Hall–Kier alpha value is -2.72. The Morgan fingerprint density at radius 2 is 1.81 bits per heavy atom. The molecule has 2 aromatic carbocycles. The second-order valence-electron chi connectivity index (χ2n) is 7.69. The Labute approximate surface area is 159 Å². The third-order valence-corrected chi connectivity index (χ3v) is 5.99. The molecule has 4 heteroatoms. The molecule has 3 aliphatic rings. The minimum atomic E-state index is 0.0304. The molecule has 1 unspecified atom stereocenters. The van der Waals surface area contributed by atoms with Crippen molar-refractivity contribution in [2.75, 3.05) is 19.6 Å². The van der Waals surface area contributed by atoms with E-state index in [0.717, 1.165) is 28.7 Å². The standard InChI is InChI=1S/C23H23N3O/c27-23(25-22-15-26-12-10-17(22)11-13-26)19-7-9-21-18(14-19)6-8-20(24-21)16-4-2-1-3-5-16/h1-9,14,17,22H,10-13,15H2,(H,25,27). The summed E-state index contributed by atoms with van der Waals surface area (Å²) in [7, 11) is 0. The Balaban J connectivity index is 1.37. The third kappa shape index (κ3) is 3.21. The molecular weight excluding hydrogens is 334 g/mol. The van der Waals surface area contributed by atoms with E-state index in [0.29, 0.717) is 11.5 Å². The van der Waals surface area contributed by atoms with E-state index in [1.807, 2.05) is 42.5 Å². The zero-order chi connectivity index (χ0) is 18.2. The van der Waals surface area contributed by atoms with Crippen molar-refractivity contribution in [3.05, 3.63) is 66.2 Å². The van der Waals surface area contributed by atoms with E-state index in [2.05, 4.69) is 28.4 Å². The van der Waals surface area contributed by atoms with Gasteiger partial charge in [0.1, 0.15) is 0 Å². The first-order valence-corrected chi connectivity index (χ1v) is 9.76. The summed E-state index contributed by atoms with van der Waals surface area (Å²) in [4.78, 5) is 20.0. The molecular formula is C23H23N3O. The van der Waals surface area contributed by atoms with Gasteiger partial charge in [-0.3, -0.25) is 4.79 Å². The molecule has 0 radical (unpaired) electrons. The lowest BCUT2D eigenvalue weighted by Crippen LogP contribution is -2.57. The fourth-order valence-corrected chi connectivity index (χ4v) is 4.42. The number of amides is 1. The number of hydrogen-bond acceptors (Lipinski definition) is 3. The summed E-state index contributed by atoms with van der Waals surface area (Å²) in [6, 6.07) is 20.3. The smallest absolute Gasteiger partial charge is 0.251 e. The van der Waals surface area contributed by atoms with Gasteiger partial charge in [-0.2, -0.15) is 0 Å². The molecule has 0 saturated carbocycles. The number of aromatic nitrogens is 1. The normalized spacial score (nSPS) is 24.1. The second kappa shape index (κ2) is 6.78. The van der Waals surface area contributed by atoms with Crippen LogP contribution < -0.4 is 5.32 Å². The Kier molecular flexibility index (Phi) is 4.13. The van der Waals surface area contributed by atoms with Gasteiger partial charge >= 0.3 is 0 Å². The van der Waals surface area contributed by atoms with Gasteiger partial charge < -0.3 is 10.2 Å². The lowest BCUT2D eigenvalue weighted by Gasteiger charge is -2.44.